The van der Waals surface area contributed by atoms with E-state index >= 15 is 0 Å². The van der Waals surface area contributed by atoms with Crippen LogP contribution < -0.4 is 5.01 Å². The Morgan fingerprint density at radius 2 is 2.39 bits per heavy atom. The molecule has 1 aliphatic rings. The van der Waals surface area contributed by atoms with Crippen molar-refractivity contribution in [1.29, 1.82) is 0 Å². The number of ether oxygens (including phenoxy) is 1. The molecule has 0 bridgehead atoms. The van der Waals surface area contributed by atoms with Crippen LogP contribution in [0.5, 0.6) is 0 Å². The molecule has 0 aliphatic carbocycles. The van der Waals surface area contributed by atoms with Gasteiger partial charge >= 0.3 is 5.97 Å². The van der Waals surface area contributed by atoms with Crippen LogP contribution in [0.15, 0.2) is 23.4 Å². The molecule has 5 nitrogen and oxygen atoms in total. The highest BCUT2D eigenvalue weighted by molar-refractivity contribution is 6.67. The molecule has 1 aromatic rings. The van der Waals surface area contributed by atoms with Gasteiger partial charge in [-0.05, 0) is 19.1 Å². The van der Waals surface area contributed by atoms with E-state index in [4.69, 9.17) is 27.9 Å². The number of nitrogens with zero attached hydrogens (tertiary/aromatic N) is 3. The number of hydrogen-bond donors (Lipinski definition) is 0. The number of pyridine rings is 1. The van der Waals surface area contributed by atoms with Gasteiger partial charge in [0.25, 0.3) is 0 Å². The molecule has 1 atom stereocenters. The fourth-order valence-corrected chi connectivity index (χ4v) is 2.06. The monoisotopic (exact) mass is 287 g/mol. The van der Waals surface area contributed by atoms with Gasteiger partial charge in [0, 0.05) is 6.20 Å². The van der Waals surface area contributed by atoms with Gasteiger partial charge in [-0.15, -0.1) is 0 Å². The predicted molar refractivity (Wildman–Crippen MR) is 70.0 cm³/mol. The molecule has 18 heavy (non-hydrogen) atoms. The second kappa shape index (κ2) is 5.54. The number of carbonyl (C=O) groups excluding carboxylic acids is 1. The van der Waals surface area contributed by atoms with E-state index in [9.17, 15) is 4.79 Å². The molecule has 0 aromatic carbocycles. The summed E-state index contributed by atoms with van der Waals surface area (Å²) in [5, 5.41) is 6.22. The lowest BCUT2D eigenvalue weighted by Gasteiger charge is -2.14. The molecule has 0 saturated heterocycles. The zero-order valence-corrected chi connectivity index (χ0v) is 11.1. The van der Waals surface area contributed by atoms with Crippen LogP contribution in [0.4, 0.5) is 5.82 Å². The Hall–Kier alpha value is -1.33. The van der Waals surface area contributed by atoms with Crippen molar-refractivity contribution in [3.05, 3.63) is 23.4 Å². The van der Waals surface area contributed by atoms with Crippen LogP contribution in [0.3, 0.4) is 0 Å². The first kappa shape index (κ1) is 13.1. The molecule has 7 heteroatoms. The van der Waals surface area contributed by atoms with Gasteiger partial charge in [0.2, 0.25) is 0 Å². The lowest BCUT2D eigenvalue weighted by Crippen LogP contribution is -2.27. The van der Waals surface area contributed by atoms with Crippen molar-refractivity contribution >= 4 is 40.2 Å². The molecule has 2 heterocycles. The third-order valence-electron chi connectivity index (χ3n) is 2.41. The predicted octanol–water partition coefficient (Wildman–Crippen LogP) is 2.29. The van der Waals surface area contributed by atoms with E-state index in [1.807, 2.05) is 0 Å². The van der Waals surface area contributed by atoms with Crippen LogP contribution >= 0.6 is 23.2 Å². The third kappa shape index (κ3) is 2.57. The minimum atomic E-state index is -0.579. The van der Waals surface area contributed by atoms with Crippen LogP contribution in [-0.2, 0) is 9.53 Å². The van der Waals surface area contributed by atoms with E-state index in [0.29, 0.717) is 17.4 Å². The maximum absolute atomic E-state index is 11.6. The summed E-state index contributed by atoms with van der Waals surface area (Å²) in [5.74, 6) is -0.491. The van der Waals surface area contributed by atoms with E-state index in [0.717, 1.165) is 0 Å². The molecular formula is C11H11Cl2N3O2. The lowest BCUT2D eigenvalue weighted by atomic mass is 10.2. The molecule has 1 aliphatic heterocycles. The number of rotatable bonds is 3. The summed E-state index contributed by atoms with van der Waals surface area (Å²) in [5.41, 5.74) is 0. The van der Waals surface area contributed by atoms with Gasteiger partial charge in [-0.2, -0.15) is 5.10 Å². The van der Waals surface area contributed by atoms with Crippen molar-refractivity contribution in [1.82, 2.24) is 4.98 Å². The van der Waals surface area contributed by atoms with Gasteiger partial charge in [0.05, 0.1) is 18.2 Å². The molecule has 96 valence electrons. The zero-order chi connectivity index (χ0) is 13.1. The Labute approximate surface area is 114 Å². The molecule has 0 radical (unpaired) electrons. The summed E-state index contributed by atoms with van der Waals surface area (Å²) < 4.78 is 4.93. The first-order valence-electron chi connectivity index (χ1n) is 5.42. The van der Waals surface area contributed by atoms with E-state index in [2.05, 4.69) is 10.1 Å². The van der Waals surface area contributed by atoms with Crippen LogP contribution in [0, 0.1) is 5.92 Å². The largest absolute Gasteiger partial charge is 0.465 e. The van der Waals surface area contributed by atoms with Crippen molar-refractivity contribution in [3.8, 4) is 0 Å². The summed E-state index contributed by atoms with van der Waals surface area (Å²) in [4.78, 5) is 15.8. The van der Waals surface area contributed by atoms with Gasteiger partial charge in [-0.1, -0.05) is 23.2 Å². The second-order valence-electron chi connectivity index (χ2n) is 3.62. The molecule has 0 spiro atoms. The zero-order valence-electron chi connectivity index (χ0n) is 9.64. The standard InChI is InChI=1S/C11H11Cl2N3O2/c1-2-18-11(17)7-6-16(15-9(7)13)10-8(12)4-3-5-14-10/h3-5,7H,2,6H2,1H3. The van der Waals surface area contributed by atoms with Crippen molar-refractivity contribution in [2.45, 2.75) is 6.92 Å². The van der Waals surface area contributed by atoms with E-state index in [1.54, 1.807) is 25.3 Å². The molecule has 0 saturated carbocycles. The number of carbonyl (C=O) groups is 1. The molecule has 2 rings (SSSR count). The minimum absolute atomic E-state index is 0.190. The average Bonchev–Trinajstić information content (AvgIpc) is 2.72. The second-order valence-corrected chi connectivity index (χ2v) is 4.41. The summed E-state index contributed by atoms with van der Waals surface area (Å²) >= 11 is 12.0. The SMILES string of the molecule is CCOC(=O)C1CN(c2ncccc2Cl)N=C1Cl. The molecule has 0 N–H and O–H groups in total. The Morgan fingerprint density at radius 3 is 3.06 bits per heavy atom. The van der Waals surface area contributed by atoms with Crippen molar-refractivity contribution in [3.63, 3.8) is 0 Å². The lowest BCUT2D eigenvalue weighted by molar-refractivity contribution is -0.145. The van der Waals surface area contributed by atoms with Gasteiger partial charge in [-0.3, -0.25) is 4.79 Å². The number of halogens is 2. The summed E-state index contributed by atoms with van der Waals surface area (Å²) in [6.45, 7) is 2.34. The van der Waals surface area contributed by atoms with Crippen LogP contribution in [0.2, 0.25) is 5.02 Å². The third-order valence-corrected chi connectivity index (χ3v) is 3.05. The molecule has 0 fully saturated rings. The fourth-order valence-electron chi connectivity index (χ4n) is 1.59. The summed E-state index contributed by atoms with van der Waals surface area (Å²) in [6.07, 6.45) is 1.60. The van der Waals surface area contributed by atoms with Crippen LogP contribution in [0.25, 0.3) is 0 Å². The van der Waals surface area contributed by atoms with E-state index < -0.39 is 5.92 Å². The Balaban J connectivity index is 2.17. The topological polar surface area (TPSA) is 54.8 Å². The first-order chi connectivity index (χ1) is 8.63. The molecule has 0 amide bonds. The van der Waals surface area contributed by atoms with Crippen LogP contribution in [-0.4, -0.2) is 29.3 Å². The number of hydrogen-bond acceptors (Lipinski definition) is 5. The molecule has 1 aromatic heterocycles. The van der Waals surface area contributed by atoms with Gasteiger partial charge in [-0.25, -0.2) is 9.99 Å². The van der Waals surface area contributed by atoms with Crippen molar-refractivity contribution in [2.24, 2.45) is 11.0 Å². The summed E-state index contributed by atoms with van der Waals surface area (Å²) in [6, 6.07) is 3.42. The Kier molecular flexibility index (Phi) is 4.04. The highest BCUT2D eigenvalue weighted by Gasteiger charge is 2.34. The fraction of sp³-hybridized carbons (Fsp3) is 0.364. The minimum Gasteiger partial charge on any atom is -0.465 e. The maximum Gasteiger partial charge on any atom is 0.317 e. The Bertz CT molecular complexity index is 493. The van der Waals surface area contributed by atoms with Crippen molar-refractivity contribution in [2.75, 3.05) is 18.2 Å². The maximum atomic E-state index is 11.6. The van der Waals surface area contributed by atoms with Crippen LogP contribution in [0.1, 0.15) is 6.92 Å². The number of esters is 1. The van der Waals surface area contributed by atoms with Crippen molar-refractivity contribution < 1.29 is 9.53 Å². The normalized spacial score (nSPS) is 18.7. The smallest absolute Gasteiger partial charge is 0.317 e. The molecular weight excluding hydrogens is 277 g/mol. The molecule has 1 unspecified atom stereocenters. The number of hydrazone groups is 1. The quantitative estimate of drug-likeness (QED) is 0.801. The van der Waals surface area contributed by atoms with E-state index in [1.165, 1.54) is 5.01 Å². The highest BCUT2D eigenvalue weighted by atomic mass is 35.5. The number of aromatic nitrogens is 1. The first-order valence-corrected chi connectivity index (χ1v) is 6.17. The number of anilines is 1. The van der Waals surface area contributed by atoms with Gasteiger partial charge < -0.3 is 4.74 Å². The average molecular weight is 288 g/mol. The highest BCUT2D eigenvalue weighted by Crippen LogP contribution is 2.28. The van der Waals surface area contributed by atoms with E-state index in [-0.39, 0.29) is 17.7 Å². The van der Waals surface area contributed by atoms with Gasteiger partial charge in [0.15, 0.2) is 5.82 Å². The van der Waals surface area contributed by atoms with Gasteiger partial charge in [0.1, 0.15) is 11.1 Å². The summed E-state index contributed by atoms with van der Waals surface area (Å²) in [7, 11) is 0. The Morgan fingerprint density at radius 1 is 1.61 bits per heavy atom.